The minimum Gasteiger partial charge on any atom is -0.493 e. The first kappa shape index (κ1) is 17.0. The molecule has 128 valence electrons. The van der Waals surface area contributed by atoms with Gasteiger partial charge in [-0.15, -0.1) is 0 Å². The van der Waals surface area contributed by atoms with Crippen LogP contribution in [0.25, 0.3) is 10.8 Å². The van der Waals surface area contributed by atoms with Crippen molar-refractivity contribution < 1.29 is 9.53 Å². The summed E-state index contributed by atoms with van der Waals surface area (Å²) in [5.74, 6) is 0.798. The average Bonchev–Trinajstić information content (AvgIpc) is 2.64. The molecule has 0 unspecified atom stereocenters. The van der Waals surface area contributed by atoms with Gasteiger partial charge in [0, 0.05) is 16.5 Å². The molecular weight excluding hydrogens is 310 g/mol. The van der Waals surface area contributed by atoms with Crippen molar-refractivity contribution in [3.05, 3.63) is 72.3 Å². The van der Waals surface area contributed by atoms with Gasteiger partial charge in [-0.25, -0.2) is 0 Å². The van der Waals surface area contributed by atoms with E-state index in [9.17, 15) is 4.79 Å². The highest BCUT2D eigenvalue weighted by molar-refractivity contribution is 6.07. The van der Waals surface area contributed by atoms with Gasteiger partial charge in [-0.3, -0.25) is 4.79 Å². The number of carbonyl (C=O) groups is 1. The third kappa shape index (κ3) is 3.36. The summed E-state index contributed by atoms with van der Waals surface area (Å²) in [6.07, 6.45) is 0. The summed E-state index contributed by atoms with van der Waals surface area (Å²) in [6.45, 7) is 6.45. The standard InChI is InChI=1S/C22H23NO2/c1-4-25-20-15-14-19(17-12-8-9-13-18(17)20)23-21(24)22(2,3)16-10-6-5-7-11-16/h5-15H,4H2,1-3H3,(H,23,24). The first-order valence-electron chi connectivity index (χ1n) is 8.55. The molecule has 0 bridgehead atoms. The zero-order valence-electron chi connectivity index (χ0n) is 14.9. The van der Waals surface area contributed by atoms with E-state index in [1.54, 1.807) is 0 Å². The molecule has 25 heavy (non-hydrogen) atoms. The Morgan fingerprint density at radius 3 is 2.24 bits per heavy atom. The number of anilines is 1. The zero-order chi connectivity index (χ0) is 17.9. The van der Waals surface area contributed by atoms with E-state index in [-0.39, 0.29) is 5.91 Å². The van der Waals surface area contributed by atoms with Crippen molar-refractivity contribution >= 4 is 22.4 Å². The quantitative estimate of drug-likeness (QED) is 0.701. The maximum absolute atomic E-state index is 12.9. The molecule has 3 aromatic carbocycles. The fraction of sp³-hybridized carbons (Fsp3) is 0.227. The Bertz CT molecular complexity index is 885. The molecular formula is C22H23NO2. The average molecular weight is 333 g/mol. The van der Waals surface area contributed by atoms with Gasteiger partial charge in [0.2, 0.25) is 5.91 Å². The number of amides is 1. The zero-order valence-corrected chi connectivity index (χ0v) is 14.9. The van der Waals surface area contributed by atoms with Gasteiger partial charge >= 0.3 is 0 Å². The molecule has 0 aliphatic carbocycles. The van der Waals surface area contributed by atoms with Crippen LogP contribution in [0.2, 0.25) is 0 Å². The third-order valence-corrected chi connectivity index (χ3v) is 4.50. The fourth-order valence-electron chi connectivity index (χ4n) is 2.93. The summed E-state index contributed by atoms with van der Waals surface area (Å²) in [5, 5.41) is 5.08. The van der Waals surface area contributed by atoms with Crippen LogP contribution in [-0.2, 0) is 10.2 Å². The Labute approximate surface area is 148 Å². The molecule has 0 radical (unpaired) electrons. The number of hydrogen-bond acceptors (Lipinski definition) is 2. The highest BCUT2D eigenvalue weighted by Crippen LogP contribution is 2.33. The lowest BCUT2D eigenvalue weighted by Gasteiger charge is -2.24. The second kappa shape index (κ2) is 6.98. The van der Waals surface area contributed by atoms with E-state index < -0.39 is 5.41 Å². The van der Waals surface area contributed by atoms with Crippen LogP contribution in [0.1, 0.15) is 26.3 Å². The molecule has 0 atom stereocenters. The second-order valence-corrected chi connectivity index (χ2v) is 6.54. The Hall–Kier alpha value is -2.81. The summed E-state index contributed by atoms with van der Waals surface area (Å²) in [4.78, 5) is 12.9. The largest absolute Gasteiger partial charge is 0.493 e. The molecule has 3 rings (SSSR count). The number of fused-ring (bicyclic) bond motifs is 1. The molecule has 1 N–H and O–H groups in total. The number of benzene rings is 3. The summed E-state index contributed by atoms with van der Waals surface area (Å²) in [5.41, 5.74) is 1.16. The molecule has 0 fully saturated rings. The molecule has 0 aliphatic rings. The van der Waals surface area contributed by atoms with Gasteiger partial charge in [0.25, 0.3) is 0 Å². The molecule has 0 heterocycles. The van der Waals surface area contributed by atoms with Crippen LogP contribution in [0.4, 0.5) is 5.69 Å². The first-order chi connectivity index (χ1) is 12.0. The van der Waals surface area contributed by atoms with Crippen LogP contribution in [0, 0.1) is 0 Å². The molecule has 0 aliphatic heterocycles. The predicted molar refractivity (Wildman–Crippen MR) is 103 cm³/mol. The van der Waals surface area contributed by atoms with Gasteiger partial charge in [-0.05, 0) is 38.5 Å². The van der Waals surface area contributed by atoms with Crippen molar-refractivity contribution in [1.82, 2.24) is 0 Å². The Balaban J connectivity index is 1.96. The van der Waals surface area contributed by atoms with Crippen molar-refractivity contribution in [2.24, 2.45) is 0 Å². The van der Waals surface area contributed by atoms with Crippen molar-refractivity contribution in [2.45, 2.75) is 26.2 Å². The van der Waals surface area contributed by atoms with Gasteiger partial charge in [0.1, 0.15) is 5.75 Å². The summed E-state index contributed by atoms with van der Waals surface area (Å²) < 4.78 is 5.70. The number of hydrogen-bond donors (Lipinski definition) is 1. The van der Waals surface area contributed by atoms with E-state index in [2.05, 4.69) is 5.32 Å². The molecule has 3 heteroatoms. The molecule has 0 aromatic heterocycles. The topological polar surface area (TPSA) is 38.3 Å². The number of carbonyl (C=O) groups excluding carboxylic acids is 1. The maximum Gasteiger partial charge on any atom is 0.234 e. The highest BCUT2D eigenvalue weighted by Gasteiger charge is 2.30. The van der Waals surface area contributed by atoms with Crippen molar-refractivity contribution in [1.29, 1.82) is 0 Å². The lowest BCUT2D eigenvalue weighted by molar-refractivity contribution is -0.120. The summed E-state index contributed by atoms with van der Waals surface area (Å²) >= 11 is 0. The van der Waals surface area contributed by atoms with Crippen LogP contribution in [0.3, 0.4) is 0 Å². The summed E-state index contributed by atoms with van der Waals surface area (Å²) in [7, 11) is 0. The summed E-state index contributed by atoms with van der Waals surface area (Å²) in [6, 6.07) is 21.6. The molecule has 0 saturated carbocycles. The van der Waals surface area contributed by atoms with Crippen molar-refractivity contribution in [2.75, 3.05) is 11.9 Å². The van der Waals surface area contributed by atoms with Crippen molar-refractivity contribution in [3.63, 3.8) is 0 Å². The molecule has 0 spiro atoms. The number of nitrogens with one attached hydrogen (secondary N) is 1. The van der Waals surface area contributed by atoms with Crippen LogP contribution < -0.4 is 10.1 Å². The van der Waals surface area contributed by atoms with Crippen LogP contribution in [0.5, 0.6) is 5.75 Å². The van der Waals surface area contributed by atoms with Crippen LogP contribution in [0.15, 0.2) is 66.7 Å². The molecule has 3 nitrogen and oxygen atoms in total. The normalized spacial score (nSPS) is 11.3. The minimum atomic E-state index is -0.624. The SMILES string of the molecule is CCOc1ccc(NC(=O)C(C)(C)c2ccccc2)c2ccccc12. The first-order valence-corrected chi connectivity index (χ1v) is 8.55. The van der Waals surface area contributed by atoms with Gasteiger partial charge in [0.15, 0.2) is 0 Å². The van der Waals surface area contributed by atoms with Gasteiger partial charge < -0.3 is 10.1 Å². The van der Waals surface area contributed by atoms with E-state index in [0.717, 1.165) is 27.8 Å². The van der Waals surface area contributed by atoms with Crippen LogP contribution in [-0.4, -0.2) is 12.5 Å². The smallest absolute Gasteiger partial charge is 0.234 e. The van der Waals surface area contributed by atoms with Crippen molar-refractivity contribution in [3.8, 4) is 5.75 Å². The third-order valence-electron chi connectivity index (χ3n) is 4.50. The molecule has 3 aromatic rings. The molecule has 1 amide bonds. The van der Waals surface area contributed by atoms with E-state index in [4.69, 9.17) is 4.74 Å². The van der Waals surface area contributed by atoms with Gasteiger partial charge in [-0.2, -0.15) is 0 Å². The minimum absolute atomic E-state index is 0.0342. The Morgan fingerprint density at radius 1 is 0.920 bits per heavy atom. The lowest BCUT2D eigenvalue weighted by atomic mass is 9.83. The molecule has 0 saturated heterocycles. The monoisotopic (exact) mass is 333 g/mol. The van der Waals surface area contributed by atoms with Gasteiger partial charge in [-0.1, -0.05) is 54.6 Å². The van der Waals surface area contributed by atoms with E-state index in [1.807, 2.05) is 87.5 Å². The lowest BCUT2D eigenvalue weighted by Crippen LogP contribution is -2.34. The highest BCUT2D eigenvalue weighted by atomic mass is 16.5. The fourth-order valence-corrected chi connectivity index (χ4v) is 2.93. The Morgan fingerprint density at radius 2 is 1.56 bits per heavy atom. The van der Waals surface area contributed by atoms with Crippen LogP contribution >= 0.6 is 0 Å². The Kier molecular flexibility index (Phi) is 4.75. The van der Waals surface area contributed by atoms with E-state index in [0.29, 0.717) is 6.61 Å². The number of rotatable bonds is 5. The maximum atomic E-state index is 12.9. The van der Waals surface area contributed by atoms with E-state index in [1.165, 1.54) is 0 Å². The van der Waals surface area contributed by atoms with E-state index >= 15 is 0 Å². The number of ether oxygens (including phenoxy) is 1. The second-order valence-electron chi connectivity index (χ2n) is 6.54. The van der Waals surface area contributed by atoms with Gasteiger partial charge in [0.05, 0.1) is 12.0 Å². The predicted octanol–water partition coefficient (Wildman–Crippen LogP) is 5.15.